The Morgan fingerprint density at radius 2 is 1.48 bits per heavy atom. The Morgan fingerprint density at radius 1 is 0.828 bits per heavy atom. The van der Waals surface area contributed by atoms with Gasteiger partial charge in [-0.15, -0.1) is 0 Å². The predicted octanol–water partition coefficient (Wildman–Crippen LogP) is 7.25. The van der Waals surface area contributed by atoms with E-state index < -0.39 is 0 Å². The summed E-state index contributed by atoms with van der Waals surface area (Å²) < 4.78 is 5.97. The monoisotopic (exact) mass is 394 g/mol. The van der Waals surface area contributed by atoms with E-state index in [9.17, 15) is 0 Å². The van der Waals surface area contributed by atoms with E-state index in [-0.39, 0.29) is 0 Å². The molecule has 3 rings (SSSR count). The van der Waals surface area contributed by atoms with Crippen LogP contribution in [0.4, 0.5) is 0 Å². The molecule has 0 unspecified atom stereocenters. The van der Waals surface area contributed by atoms with Crippen molar-refractivity contribution in [1.29, 1.82) is 0 Å². The van der Waals surface area contributed by atoms with Crippen LogP contribution in [-0.4, -0.2) is 16.6 Å². The second kappa shape index (κ2) is 11.9. The molecule has 1 aliphatic rings. The Balaban J connectivity index is 1.37. The van der Waals surface area contributed by atoms with E-state index in [1.807, 2.05) is 24.5 Å². The van der Waals surface area contributed by atoms with Crippen molar-refractivity contribution >= 4 is 0 Å². The maximum Gasteiger partial charge on any atom is 0.159 e. The van der Waals surface area contributed by atoms with Gasteiger partial charge in [-0.2, -0.15) is 0 Å². The Morgan fingerprint density at radius 3 is 2.10 bits per heavy atom. The largest absolute Gasteiger partial charge is 0.494 e. The number of unbranched alkanes of at least 4 members (excludes halogenated alkanes) is 1. The molecule has 1 heterocycles. The highest BCUT2D eigenvalue weighted by Gasteiger charge is 2.20. The summed E-state index contributed by atoms with van der Waals surface area (Å²) in [6.45, 7) is 5.33. The molecule has 1 aliphatic carbocycles. The van der Waals surface area contributed by atoms with E-state index in [1.54, 1.807) is 0 Å². The summed E-state index contributed by atoms with van der Waals surface area (Å²) in [5.41, 5.74) is 2.26. The molecule has 3 heteroatoms. The fourth-order valence-electron chi connectivity index (χ4n) is 4.49. The maximum absolute atomic E-state index is 5.97. The molecule has 0 atom stereocenters. The van der Waals surface area contributed by atoms with Gasteiger partial charge in [-0.3, -0.25) is 0 Å². The van der Waals surface area contributed by atoms with E-state index >= 15 is 0 Å². The molecular weight excluding hydrogens is 356 g/mol. The van der Waals surface area contributed by atoms with E-state index in [0.717, 1.165) is 48.4 Å². The van der Waals surface area contributed by atoms with Gasteiger partial charge in [0, 0.05) is 18.0 Å². The second-order valence-corrected chi connectivity index (χ2v) is 8.71. The van der Waals surface area contributed by atoms with Crippen LogP contribution in [0.5, 0.6) is 5.75 Å². The summed E-state index contributed by atoms with van der Waals surface area (Å²) in [6, 6.07) is 8.20. The summed E-state index contributed by atoms with van der Waals surface area (Å²) in [5.74, 6) is 3.66. The lowest BCUT2D eigenvalue weighted by molar-refractivity contribution is 0.230. The van der Waals surface area contributed by atoms with Crippen LogP contribution < -0.4 is 4.74 Å². The van der Waals surface area contributed by atoms with Crippen LogP contribution in [0.2, 0.25) is 0 Å². The Hall–Kier alpha value is -1.90. The minimum Gasteiger partial charge on any atom is -0.494 e. The van der Waals surface area contributed by atoms with Crippen LogP contribution in [0.15, 0.2) is 36.7 Å². The number of nitrogens with zero attached hydrogens (tertiary/aromatic N) is 2. The summed E-state index contributed by atoms with van der Waals surface area (Å²) in [7, 11) is 0. The standard InChI is InChI=1S/C26H38N2O/c1-3-5-8-23-19-27-26(28-20-23)24-14-16-25(17-15-24)29-18-6-9-22-12-10-21(7-4-2)11-13-22/h14-17,19-22H,3-13,18H2,1-2H3/t21-,22-. The number of ether oxygens (including phenoxy) is 1. The predicted molar refractivity (Wildman–Crippen MR) is 121 cm³/mol. The smallest absolute Gasteiger partial charge is 0.159 e. The Kier molecular flexibility index (Phi) is 8.98. The summed E-state index contributed by atoms with van der Waals surface area (Å²) in [5, 5.41) is 0. The van der Waals surface area contributed by atoms with Gasteiger partial charge in [-0.25, -0.2) is 9.97 Å². The van der Waals surface area contributed by atoms with Crippen molar-refractivity contribution in [3.8, 4) is 17.1 Å². The van der Waals surface area contributed by atoms with E-state index in [1.165, 1.54) is 63.4 Å². The zero-order valence-electron chi connectivity index (χ0n) is 18.4. The first-order chi connectivity index (χ1) is 14.3. The number of rotatable bonds is 11. The minimum absolute atomic E-state index is 0.787. The van der Waals surface area contributed by atoms with E-state index in [0.29, 0.717) is 0 Å². The first kappa shape index (κ1) is 21.8. The van der Waals surface area contributed by atoms with Crippen LogP contribution in [0.3, 0.4) is 0 Å². The van der Waals surface area contributed by atoms with Gasteiger partial charge in [0.15, 0.2) is 5.82 Å². The Labute approximate surface area is 177 Å². The van der Waals surface area contributed by atoms with Gasteiger partial charge in [0.1, 0.15) is 5.75 Å². The summed E-state index contributed by atoms with van der Waals surface area (Å²) in [6.07, 6.45) is 18.4. The average Bonchev–Trinajstić information content (AvgIpc) is 2.77. The molecule has 0 spiro atoms. The average molecular weight is 395 g/mol. The lowest BCUT2D eigenvalue weighted by atomic mass is 9.78. The normalized spacial score (nSPS) is 19.2. The molecule has 1 aromatic heterocycles. The minimum atomic E-state index is 0.787. The lowest BCUT2D eigenvalue weighted by Crippen LogP contribution is -2.15. The molecule has 2 aromatic rings. The molecule has 1 aromatic carbocycles. The fraction of sp³-hybridized carbons (Fsp3) is 0.615. The molecule has 29 heavy (non-hydrogen) atoms. The van der Waals surface area contributed by atoms with Gasteiger partial charge >= 0.3 is 0 Å². The van der Waals surface area contributed by atoms with Crippen molar-refractivity contribution in [1.82, 2.24) is 9.97 Å². The molecular formula is C26H38N2O. The third kappa shape index (κ3) is 7.13. The zero-order chi connectivity index (χ0) is 20.3. The van der Waals surface area contributed by atoms with Crippen LogP contribution >= 0.6 is 0 Å². The van der Waals surface area contributed by atoms with Crippen molar-refractivity contribution in [3.05, 3.63) is 42.2 Å². The maximum atomic E-state index is 5.97. The Bertz CT molecular complexity index is 688. The van der Waals surface area contributed by atoms with E-state index in [2.05, 4.69) is 35.9 Å². The van der Waals surface area contributed by atoms with Crippen LogP contribution in [0.25, 0.3) is 11.4 Å². The van der Waals surface area contributed by atoms with Gasteiger partial charge in [-0.05, 0) is 67.3 Å². The van der Waals surface area contributed by atoms with Crippen molar-refractivity contribution in [2.24, 2.45) is 11.8 Å². The van der Waals surface area contributed by atoms with Crippen molar-refractivity contribution < 1.29 is 4.74 Å². The highest BCUT2D eigenvalue weighted by molar-refractivity contribution is 5.55. The number of benzene rings is 1. The molecule has 0 amide bonds. The lowest BCUT2D eigenvalue weighted by Gasteiger charge is -2.28. The first-order valence-corrected chi connectivity index (χ1v) is 11.8. The summed E-state index contributed by atoms with van der Waals surface area (Å²) >= 11 is 0. The SMILES string of the molecule is CCCCc1cnc(-c2ccc(OCCC[C@H]3CC[C@H](CCC)CC3)cc2)nc1. The molecule has 0 radical (unpaired) electrons. The molecule has 0 saturated heterocycles. The number of aromatic nitrogens is 2. The second-order valence-electron chi connectivity index (χ2n) is 8.71. The van der Waals surface area contributed by atoms with Gasteiger partial charge in [0.25, 0.3) is 0 Å². The molecule has 0 aliphatic heterocycles. The van der Waals surface area contributed by atoms with Crippen molar-refractivity contribution in [2.75, 3.05) is 6.61 Å². The van der Waals surface area contributed by atoms with Crippen molar-refractivity contribution in [3.63, 3.8) is 0 Å². The van der Waals surface area contributed by atoms with Crippen LogP contribution in [0, 0.1) is 11.8 Å². The number of hydrogen-bond acceptors (Lipinski definition) is 3. The van der Waals surface area contributed by atoms with Gasteiger partial charge in [-0.1, -0.05) is 58.8 Å². The fourth-order valence-corrected chi connectivity index (χ4v) is 4.49. The van der Waals surface area contributed by atoms with E-state index in [4.69, 9.17) is 4.74 Å². The molecule has 1 saturated carbocycles. The molecule has 158 valence electrons. The zero-order valence-corrected chi connectivity index (χ0v) is 18.4. The highest BCUT2D eigenvalue weighted by atomic mass is 16.5. The first-order valence-electron chi connectivity index (χ1n) is 11.8. The van der Waals surface area contributed by atoms with Gasteiger partial charge in [0.05, 0.1) is 6.61 Å². The van der Waals surface area contributed by atoms with Crippen molar-refractivity contribution in [2.45, 2.75) is 84.5 Å². The summed E-state index contributed by atoms with van der Waals surface area (Å²) in [4.78, 5) is 9.05. The van der Waals surface area contributed by atoms with Gasteiger partial charge < -0.3 is 4.74 Å². The molecule has 3 nitrogen and oxygen atoms in total. The molecule has 0 N–H and O–H groups in total. The third-order valence-electron chi connectivity index (χ3n) is 6.33. The quantitative estimate of drug-likeness (QED) is 0.376. The number of hydrogen-bond donors (Lipinski definition) is 0. The van der Waals surface area contributed by atoms with Crippen LogP contribution in [-0.2, 0) is 6.42 Å². The van der Waals surface area contributed by atoms with Gasteiger partial charge in [0.2, 0.25) is 0 Å². The number of aryl methyl sites for hydroxylation is 1. The third-order valence-corrected chi connectivity index (χ3v) is 6.33. The molecule has 0 bridgehead atoms. The highest BCUT2D eigenvalue weighted by Crippen LogP contribution is 2.33. The van der Waals surface area contributed by atoms with Crippen LogP contribution in [0.1, 0.15) is 83.6 Å². The topological polar surface area (TPSA) is 35.0 Å². The molecule has 1 fully saturated rings.